The van der Waals surface area contributed by atoms with Gasteiger partial charge in [-0.2, -0.15) is 5.26 Å². The molecule has 12 heavy (non-hydrogen) atoms. The summed E-state index contributed by atoms with van der Waals surface area (Å²) in [6.45, 7) is 4.05. The highest BCUT2D eigenvalue weighted by molar-refractivity contribution is 4.83. The number of likely N-dealkylation sites (tertiary alicyclic amines) is 1. The lowest BCUT2D eigenvalue weighted by Gasteiger charge is -2.35. The van der Waals surface area contributed by atoms with Crippen LogP contribution in [0.3, 0.4) is 0 Å². The van der Waals surface area contributed by atoms with Crippen LogP contribution in [0.4, 0.5) is 0 Å². The van der Waals surface area contributed by atoms with Gasteiger partial charge in [-0.1, -0.05) is 0 Å². The summed E-state index contributed by atoms with van der Waals surface area (Å²) in [6.07, 6.45) is 2.92. The first-order valence-electron chi connectivity index (χ1n) is 4.60. The van der Waals surface area contributed by atoms with Gasteiger partial charge in [0.05, 0.1) is 6.07 Å². The molecule has 0 saturated carbocycles. The highest BCUT2D eigenvalue weighted by Gasteiger charge is 2.22. The Morgan fingerprint density at radius 1 is 1.58 bits per heavy atom. The van der Waals surface area contributed by atoms with Crippen molar-refractivity contribution < 1.29 is 0 Å². The quantitative estimate of drug-likeness (QED) is 0.659. The molecule has 2 atom stereocenters. The van der Waals surface area contributed by atoms with E-state index >= 15 is 0 Å². The Morgan fingerprint density at radius 3 is 3.00 bits per heavy atom. The molecule has 68 valence electrons. The zero-order valence-electron chi connectivity index (χ0n) is 7.66. The van der Waals surface area contributed by atoms with E-state index in [2.05, 4.69) is 17.9 Å². The second-order valence-corrected chi connectivity index (χ2v) is 3.59. The molecule has 0 radical (unpaired) electrons. The average molecular weight is 167 g/mol. The molecular weight excluding hydrogens is 150 g/mol. The van der Waals surface area contributed by atoms with E-state index in [1.165, 1.54) is 6.42 Å². The molecule has 1 heterocycles. The fourth-order valence-electron chi connectivity index (χ4n) is 1.72. The largest absolute Gasteiger partial charge is 0.327 e. The van der Waals surface area contributed by atoms with Crippen molar-refractivity contribution in [2.24, 2.45) is 5.73 Å². The van der Waals surface area contributed by atoms with Crippen molar-refractivity contribution in [2.45, 2.75) is 38.3 Å². The van der Waals surface area contributed by atoms with Gasteiger partial charge in [0.15, 0.2) is 0 Å². The molecule has 0 amide bonds. The maximum absolute atomic E-state index is 8.44. The van der Waals surface area contributed by atoms with Gasteiger partial charge >= 0.3 is 0 Å². The van der Waals surface area contributed by atoms with Crippen molar-refractivity contribution in [3.05, 3.63) is 0 Å². The van der Waals surface area contributed by atoms with Gasteiger partial charge in [0.1, 0.15) is 0 Å². The molecule has 0 aliphatic carbocycles. The van der Waals surface area contributed by atoms with Crippen LogP contribution in [-0.2, 0) is 0 Å². The number of hydrogen-bond acceptors (Lipinski definition) is 3. The molecule has 0 aromatic carbocycles. The normalized spacial score (nSPS) is 31.4. The van der Waals surface area contributed by atoms with Gasteiger partial charge in [0.2, 0.25) is 0 Å². The van der Waals surface area contributed by atoms with E-state index in [1.54, 1.807) is 0 Å². The molecule has 0 aromatic heterocycles. The van der Waals surface area contributed by atoms with Crippen molar-refractivity contribution in [3.8, 4) is 6.07 Å². The first-order valence-corrected chi connectivity index (χ1v) is 4.60. The monoisotopic (exact) mass is 167 g/mol. The number of piperidine rings is 1. The van der Waals surface area contributed by atoms with Crippen LogP contribution < -0.4 is 5.73 Å². The number of nitrogens with zero attached hydrogens (tertiary/aromatic N) is 2. The van der Waals surface area contributed by atoms with Crippen LogP contribution in [-0.4, -0.2) is 30.1 Å². The minimum absolute atomic E-state index is 0.319. The van der Waals surface area contributed by atoms with E-state index in [4.69, 9.17) is 11.0 Å². The standard InChI is InChI=1S/C9H17N3/c1-8-3-4-9(11)7-12(8)6-2-5-10/h8-9H,2-4,6-7,11H2,1H3. The lowest BCUT2D eigenvalue weighted by molar-refractivity contribution is 0.149. The van der Waals surface area contributed by atoms with Crippen molar-refractivity contribution in [1.82, 2.24) is 4.90 Å². The van der Waals surface area contributed by atoms with Gasteiger partial charge in [-0.3, -0.25) is 4.90 Å². The van der Waals surface area contributed by atoms with Crippen LogP contribution in [0.25, 0.3) is 0 Å². The Hall–Kier alpha value is -0.590. The van der Waals surface area contributed by atoms with E-state index in [0.29, 0.717) is 18.5 Å². The maximum atomic E-state index is 8.44. The molecular formula is C9H17N3. The Morgan fingerprint density at radius 2 is 2.33 bits per heavy atom. The van der Waals surface area contributed by atoms with Crippen molar-refractivity contribution in [3.63, 3.8) is 0 Å². The van der Waals surface area contributed by atoms with E-state index in [0.717, 1.165) is 19.5 Å². The molecule has 0 aromatic rings. The summed E-state index contributed by atoms with van der Waals surface area (Å²) in [5.74, 6) is 0. The molecule has 1 aliphatic rings. The number of hydrogen-bond donors (Lipinski definition) is 1. The smallest absolute Gasteiger partial charge is 0.0635 e. The number of rotatable bonds is 2. The second kappa shape index (κ2) is 4.44. The first kappa shape index (κ1) is 9.50. The third-order valence-electron chi connectivity index (χ3n) is 2.56. The van der Waals surface area contributed by atoms with Gasteiger partial charge in [0.25, 0.3) is 0 Å². The van der Waals surface area contributed by atoms with E-state index in [1.807, 2.05) is 0 Å². The van der Waals surface area contributed by atoms with Crippen LogP contribution in [0.15, 0.2) is 0 Å². The Bertz CT molecular complexity index is 173. The molecule has 0 spiro atoms. The fraction of sp³-hybridized carbons (Fsp3) is 0.889. The second-order valence-electron chi connectivity index (χ2n) is 3.59. The molecule has 3 nitrogen and oxygen atoms in total. The van der Waals surface area contributed by atoms with Crippen LogP contribution in [0.1, 0.15) is 26.2 Å². The third kappa shape index (κ3) is 2.47. The highest BCUT2D eigenvalue weighted by Crippen LogP contribution is 2.15. The summed E-state index contributed by atoms with van der Waals surface area (Å²) in [7, 11) is 0. The zero-order valence-corrected chi connectivity index (χ0v) is 7.66. The molecule has 1 aliphatic heterocycles. The lowest BCUT2D eigenvalue weighted by Crippen LogP contribution is -2.47. The topological polar surface area (TPSA) is 53.0 Å². The lowest BCUT2D eigenvalue weighted by atomic mass is 10.00. The molecule has 1 rings (SSSR count). The Kier molecular flexibility index (Phi) is 3.51. The van der Waals surface area contributed by atoms with Gasteiger partial charge < -0.3 is 5.73 Å². The molecule has 2 N–H and O–H groups in total. The van der Waals surface area contributed by atoms with Crippen LogP contribution in [0.5, 0.6) is 0 Å². The molecule has 3 heteroatoms. The summed E-state index contributed by atoms with van der Waals surface area (Å²) < 4.78 is 0. The van der Waals surface area contributed by atoms with Crippen LogP contribution in [0, 0.1) is 11.3 Å². The molecule has 1 fully saturated rings. The first-order chi connectivity index (χ1) is 5.74. The van der Waals surface area contributed by atoms with Crippen LogP contribution >= 0.6 is 0 Å². The summed E-state index contributed by atoms with van der Waals surface area (Å²) >= 11 is 0. The SMILES string of the molecule is CC1CCC(N)CN1CCC#N. The predicted molar refractivity (Wildman–Crippen MR) is 48.5 cm³/mol. The zero-order chi connectivity index (χ0) is 8.97. The summed E-state index contributed by atoms with van der Waals surface area (Å²) in [5.41, 5.74) is 5.83. The van der Waals surface area contributed by atoms with Crippen molar-refractivity contribution >= 4 is 0 Å². The number of nitrogens with two attached hydrogens (primary N) is 1. The summed E-state index contributed by atoms with van der Waals surface area (Å²) in [6, 6.07) is 3.10. The fourth-order valence-corrected chi connectivity index (χ4v) is 1.72. The Labute approximate surface area is 74.1 Å². The predicted octanol–water partition coefficient (Wildman–Crippen LogP) is 0.712. The van der Waals surface area contributed by atoms with E-state index in [-0.39, 0.29) is 0 Å². The van der Waals surface area contributed by atoms with E-state index < -0.39 is 0 Å². The third-order valence-corrected chi connectivity index (χ3v) is 2.56. The average Bonchev–Trinajstić information content (AvgIpc) is 2.07. The number of nitriles is 1. The van der Waals surface area contributed by atoms with Crippen molar-refractivity contribution in [2.75, 3.05) is 13.1 Å². The maximum Gasteiger partial charge on any atom is 0.0635 e. The van der Waals surface area contributed by atoms with Gasteiger partial charge in [-0.15, -0.1) is 0 Å². The molecule has 0 bridgehead atoms. The minimum atomic E-state index is 0.319. The summed E-state index contributed by atoms with van der Waals surface area (Å²) in [5, 5.41) is 8.44. The highest BCUT2D eigenvalue weighted by atomic mass is 15.2. The van der Waals surface area contributed by atoms with Gasteiger partial charge in [0, 0.05) is 31.6 Å². The molecule has 2 unspecified atom stereocenters. The van der Waals surface area contributed by atoms with Crippen molar-refractivity contribution in [1.29, 1.82) is 5.26 Å². The van der Waals surface area contributed by atoms with E-state index in [9.17, 15) is 0 Å². The minimum Gasteiger partial charge on any atom is -0.327 e. The van der Waals surface area contributed by atoms with Gasteiger partial charge in [-0.05, 0) is 19.8 Å². The molecule has 1 saturated heterocycles. The Balaban J connectivity index is 2.34. The summed E-state index contributed by atoms with van der Waals surface area (Å²) in [4.78, 5) is 2.32. The van der Waals surface area contributed by atoms with Gasteiger partial charge in [-0.25, -0.2) is 0 Å². The van der Waals surface area contributed by atoms with Crippen LogP contribution in [0.2, 0.25) is 0 Å².